The largest absolute Gasteiger partial charge is 0.369 e. The zero-order valence-corrected chi connectivity index (χ0v) is 14.1. The summed E-state index contributed by atoms with van der Waals surface area (Å²) >= 11 is 5.68. The minimum absolute atomic E-state index is 0.360. The third-order valence-corrected chi connectivity index (χ3v) is 5.36. The summed E-state index contributed by atoms with van der Waals surface area (Å²) in [7, 11) is 0. The molecule has 1 aromatic rings. The van der Waals surface area contributed by atoms with Gasteiger partial charge in [0.2, 0.25) is 0 Å². The van der Waals surface area contributed by atoms with Crippen molar-refractivity contribution in [3.63, 3.8) is 0 Å². The molecule has 4 nitrogen and oxygen atoms in total. The predicted octanol–water partition coefficient (Wildman–Crippen LogP) is 3.39. The second-order valence-corrected chi connectivity index (χ2v) is 7.83. The van der Waals surface area contributed by atoms with Crippen molar-refractivity contribution in [2.75, 3.05) is 35.6 Å². The van der Waals surface area contributed by atoms with E-state index in [0.717, 1.165) is 41.5 Å². The fourth-order valence-electron chi connectivity index (χ4n) is 2.10. The van der Waals surface area contributed by atoms with E-state index in [1.807, 2.05) is 11.8 Å². The number of thioether (sulfide) groups is 1. The highest BCUT2D eigenvalue weighted by molar-refractivity contribution is 9.10. The van der Waals surface area contributed by atoms with Crippen molar-refractivity contribution in [3.8, 4) is 0 Å². The first-order chi connectivity index (χ1) is 9.03. The van der Waals surface area contributed by atoms with Gasteiger partial charge in [-0.1, -0.05) is 13.8 Å². The molecule has 0 spiro atoms. The molecule has 0 saturated carbocycles. The Bertz CT molecular complexity index is 439. The Balaban J connectivity index is 2.19. The van der Waals surface area contributed by atoms with Gasteiger partial charge in [0.25, 0.3) is 0 Å². The highest BCUT2D eigenvalue weighted by atomic mass is 79.9. The van der Waals surface area contributed by atoms with E-state index in [1.165, 1.54) is 6.42 Å². The molecule has 1 aliphatic heterocycles. The van der Waals surface area contributed by atoms with E-state index in [9.17, 15) is 0 Å². The Morgan fingerprint density at radius 1 is 1.42 bits per heavy atom. The third-order valence-electron chi connectivity index (χ3n) is 3.25. The van der Waals surface area contributed by atoms with Crippen LogP contribution in [0.3, 0.4) is 0 Å². The monoisotopic (exact) mass is 344 g/mol. The van der Waals surface area contributed by atoms with Crippen molar-refractivity contribution in [2.45, 2.75) is 31.9 Å². The molecule has 2 rings (SSSR count). The van der Waals surface area contributed by atoms with Gasteiger partial charge in [0.15, 0.2) is 0 Å². The smallest absolute Gasteiger partial charge is 0.148 e. The average Bonchev–Trinajstić information content (AvgIpc) is 2.53. The number of aromatic nitrogens is 2. The lowest BCUT2D eigenvalue weighted by molar-refractivity contribution is 0.634. The van der Waals surface area contributed by atoms with Crippen LogP contribution in [0.4, 0.5) is 11.6 Å². The van der Waals surface area contributed by atoms with Crippen molar-refractivity contribution >= 4 is 39.3 Å². The van der Waals surface area contributed by atoms with Crippen LogP contribution >= 0.6 is 27.7 Å². The van der Waals surface area contributed by atoms with Gasteiger partial charge < -0.3 is 10.2 Å². The first-order valence-electron chi connectivity index (χ1n) is 6.67. The van der Waals surface area contributed by atoms with E-state index >= 15 is 0 Å². The van der Waals surface area contributed by atoms with Gasteiger partial charge in [0.05, 0.1) is 0 Å². The Kier molecular flexibility index (Phi) is 4.95. The maximum atomic E-state index is 4.45. The third kappa shape index (κ3) is 3.75. The van der Waals surface area contributed by atoms with Gasteiger partial charge in [-0.2, -0.15) is 11.8 Å². The first kappa shape index (κ1) is 14.9. The molecular weight excluding hydrogens is 324 g/mol. The van der Waals surface area contributed by atoms with E-state index in [2.05, 4.69) is 56.9 Å². The molecule has 19 heavy (non-hydrogen) atoms. The van der Waals surface area contributed by atoms with Gasteiger partial charge in [-0.25, -0.2) is 9.97 Å². The summed E-state index contributed by atoms with van der Waals surface area (Å²) in [6.45, 7) is 9.65. The van der Waals surface area contributed by atoms with E-state index in [4.69, 9.17) is 0 Å². The zero-order valence-electron chi connectivity index (χ0n) is 11.7. The predicted molar refractivity (Wildman–Crippen MR) is 87.3 cm³/mol. The maximum absolute atomic E-state index is 4.45. The van der Waals surface area contributed by atoms with E-state index in [-0.39, 0.29) is 0 Å². The second-order valence-electron chi connectivity index (χ2n) is 5.24. The summed E-state index contributed by atoms with van der Waals surface area (Å²) in [4.78, 5) is 11.1. The van der Waals surface area contributed by atoms with Crippen LogP contribution in [-0.4, -0.2) is 40.1 Å². The van der Waals surface area contributed by atoms with Crippen LogP contribution in [0.25, 0.3) is 0 Å². The van der Waals surface area contributed by atoms with E-state index in [0.29, 0.717) is 4.75 Å². The van der Waals surface area contributed by atoms with Crippen LogP contribution < -0.4 is 10.2 Å². The van der Waals surface area contributed by atoms with Crippen molar-refractivity contribution in [2.24, 2.45) is 0 Å². The lowest BCUT2D eigenvalue weighted by Crippen LogP contribution is -2.28. The van der Waals surface area contributed by atoms with Crippen molar-refractivity contribution in [3.05, 3.63) is 10.8 Å². The second kappa shape index (κ2) is 6.31. The summed E-state index contributed by atoms with van der Waals surface area (Å²) in [5.41, 5.74) is 0. The van der Waals surface area contributed by atoms with Crippen LogP contribution in [0.15, 0.2) is 10.8 Å². The number of anilines is 2. The quantitative estimate of drug-likeness (QED) is 0.909. The molecule has 0 aromatic carbocycles. The standard InChI is InChI=1S/C13H21BrN4S/c1-4-15-11-10(14)12(17-9-16-11)18-6-5-13(2,3)19-8-7-18/h9H,4-8H2,1-3H3,(H,15,16,17). The molecule has 0 radical (unpaired) electrons. The minimum Gasteiger partial charge on any atom is -0.369 e. The molecule has 0 unspecified atom stereocenters. The Morgan fingerprint density at radius 2 is 2.21 bits per heavy atom. The summed E-state index contributed by atoms with van der Waals surface area (Å²) in [6.07, 6.45) is 2.81. The molecule has 0 bridgehead atoms. The van der Waals surface area contributed by atoms with Crippen LogP contribution in [0.1, 0.15) is 27.2 Å². The fourth-order valence-corrected chi connectivity index (χ4v) is 3.80. The lowest BCUT2D eigenvalue weighted by atomic mass is 10.1. The van der Waals surface area contributed by atoms with Crippen LogP contribution in [0.2, 0.25) is 0 Å². The average molecular weight is 345 g/mol. The van der Waals surface area contributed by atoms with Gasteiger partial charge in [0.1, 0.15) is 22.4 Å². The molecule has 0 amide bonds. The van der Waals surface area contributed by atoms with E-state index < -0.39 is 0 Å². The topological polar surface area (TPSA) is 41.1 Å². The van der Waals surface area contributed by atoms with Crippen molar-refractivity contribution in [1.82, 2.24) is 9.97 Å². The Morgan fingerprint density at radius 3 is 2.95 bits per heavy atom. The van der Waals surface area contributed by atoms with Gasteiger partial charge >= 0.3 is 0 Å². The molecule has 1 saturated heterocycles. The number of hydrogen-bond donors (Lipinski definition) is 1. The number of rotatable bonds is 3. The van der Waals surface area contributed by atoms with Crippen LogP contribution in [-0.2, 0) is 0 Å². The van der Waals surface area contributed by atoms with E-state index in [1.54, 1.807) is 6.33 Å². The first-order valence-corrected chi connectivity index (χ1v) is 8.44. The SMILES string of the molecule is CCNc1ncnc(N2CCSC(C)(C)CC2)c1Br. The summed E-state index contributed by atoms with van der Waals surface area (Å²) < 4.78 is 1.33. The van der Waals surface area contributed by atoms with Crippen molar-refractivity contribution in [1.29, 1.82) is 0 Å². The molecule has 6 heteroatoms. The number of nitrogens with zero attached hydrogens (tertiary/aromatic N) is 3. The van der Waals surface area contributed by atoms with Gasteiger partial charge in [-0.15, -0.1) is 0 Å². The Labute approximate surface area is 127 Å². The summed E-state index contributed by atoms with van der Waals surface area (Å²) in [5, 5.41) is 3.26. The van der Waals surface area contributed by atoms with Crippen molar-refractivity contribution < 1.29 is 0 Å². The summed E-state index contributed by atoms with van der Waals surface area (Å²) in [6, 6.07) is 0. The summed E-state index contributed by atoms with van der Waals surface area (Å²) in [5.74, 6) is 3.02. The molecule has 1 fully saturated rings. The van der Waals surface area contributed by atoms with Crippen LogP contribution in [0, 0.1) is 0 Å². The number of halogens is 1. The maximum Gasteiger partial charge on any atom is 0.148 e. The molecule has 1 aromatic heterocycles. The molecule has 2 heterocycles. The normalized spacial score (nSPS) is 19.1. The molecule has 1 aliphatic rings. The van der Waals surface area contributed by atoms with Gasteiger partial charge in [-0.05, 0) is 29.3 Å². The lowest BCUT2D eigenvalue weighted by Gasteiger charge is -2.24. The zero-order chi connectivity index (χ0) is 13.9. The number of hydrogen-bond acceptors (Lipinski definition) is 5. The minimum atomic E-state index is 0.360. The number of nitrogens with one attached hydrogen (secondary N) is 1. The van der Waals surface area contributed by atoms with Gasteiger partial charge in [-0.3, -0.25) is 0 Å². The molecule has 106 valence electrons. The fraction of sp³-hybridized carbons (Fsp3) is 0.692. The van der Waals surface area contributed by atoms with Crippen LogP contribution in [0.5, 0.6) is 0 Å². The molecule has 0 atom stereocenters. The highest BCUT2D eigenvalue weighted by Crippen LogP contribution is 2.35. The van der Waals surface area contributed by atoms with Gasteiger partial charge in [0, 0.05) is 30.1 Å². The molecule has 0 aliphatic carbocycles. The molecular formula is C13H21BrN4S. The highest BCUT2D eigenvalue weighted by Gasteiger charge is 2.25. The molecule has 1 N–H and O–H groups in total. The Hall–Kier alpha value is -0.490.